The number of amides is 1. The Balaban J connectivity index is 1.21. The highest BCUT2D eigenvalue weighted by Crippen LogP contribution is 2.23. The molecule has 0 atom stereocenters. The van der Waals surface area contributed by atoms with E-state index < -0.39 is 0 Å². The minimum atomic E-state index is -0.319. The van der Waals surface area contributed by atoms with Gasteiger partial charge in [-0.3, -0.25) is 4.79 Å². The van der Waals surface area contributed by atoms with E-state index in [1.54, 1.807) is 35.1 Å². The summed E-state index contributed by atoms with van der Waals surface area (Å²) in [4.78, 5) is 20.9. The maximum Gasteiger partial charge on any atom is 0.262 e. The molecular formula is C25H19N7O2. The van der Waals surface area contributed by atoms with Gasteiger partial charge in [0.05, 0.1) is 23.3 Å². The molecule has 0 aliphatic rings. The second kappa shape index (κ2) is 9.70. The summed E-state index contributed by atoms with van der Waals surface area (Å²) >= 11 is 0. The molecule has 2 aromatic heterocycles. The van der Waals surface area contributed by atoms with Crippen molar-refractivity contribution in [3.63, 3.8) is 0 Å². The average Bonchev–Trinajstić information content (AvgIpc) is 3.33. The van der Waals surface area contributed by atoms with Gasteiger partial charge < -0.3 is 10.1 Å². The summed E-state index contributed by atoms with van der Waals surface area (Å²) < 4.78 is 7.36. The molecule has 1 amide bonds. The van der Waals surface area contributed by atoms with Crippen molar-refractivity contribution in [2.45, 2.75) is 0 Å². The lowest BCUT2D eigenvalue weighted by atomic mass is 10.3. The molecule has 2 heterocycles. The minimum Gasteiger partial charge on any atom is -0.467 e. The third-order valence-electron chi connectivity index (χ3n) is 4.86. The fraction of sp³-hybridized carbons (Fsp3) is 0.0400. The van der Waals surface area contributed by atoms with Gasteiger partial charge in [-0.25, -0.2) is 14.6 Å². The molecule has 5 rings (SSSR count). The number of para-hydroxylation sites is 1. The molecule has 0 aliphatic carbocycles. The number of nitrogens with one attached hydrogen (secondary N) is 1. The van der Waals surface area contributed by atoms with E-state index in [1.807, 2.05) is 60.7 Å². The van der Waals surface area contributed by atoms with Gasteiger partial charge >= 0.3 is 0 Å². The number of azo groups is 1. The molecule has 0 bridgehead atoms. The first-order valence-corrected chi connectivity index (χ1v) is 10.5. The topological polar surface area (TPSA) is 107 Å². The van der Waals surface area contributed by atoms with Gasteiger partial charge in [-0.05, 0) is 48.5 Å². The summed E-state index contributed by atoms with van der Waals surface area (Å²) in [5.74, 6) is -0.0279. The van der Waals surface area contributed by atoms with Crippen molar-refractivity contribution in [2.75, 3.05) is 11.9 Å². The van der Waals surface area contributed by atoms with Crippen molar-refractivity contribution in [1.82, 2.24) is 19.7 Å². The van der Waals surface area contributed by atoms with E-state index in [0.717, 1.165) is 11.4 Å². The highest BCUT2D eigenvalue weighted by Gasteiger charge is 2.13. The van der Waals surface area contributed by atoms with Crippen LogP contribution in [0.2, 0.25) is 0 Å². The zero-order valence-corrected chi connectivity index (χ0v) is 17.9. The van der Waals surface area contributed by atoms with Crippen LogP contribution in [0, 0.1) is 0 Å². The van der Waals surface area contributed by atoms with E-state index in [4.69, 9.17) is 4.74 Å². The van der Waals surface area contributed by atoms with Gasteiger partial charge in [0.15, 0.2) is 12.3 Å². The second-order valence-electron chi connectivity index (χ2n) is 7.23. The van der Waals surface area contributed by atoms with Gasteiger partial charge in [0, 0.05) is 5.69 Å². The molecule has 0 unspecified atom stereocenters. The van der Waals surface area contributed by atoms with Crippen molar-refractivity contribution < 1.29 is 9.53 Å². The summed E-state index contributed by atoms with van der Waals surface area (Å²) in [7, 11) is 0. The first-order valence-electron chi connectivity index (χ1n) is 10.5. The molecule has 9 heteroatoms. The maximum atomic E-state index is 12.4. The molecule has 0 saturated heterocycles. The Labute approximate surface area is 194 Å². The summed E-state index contributed by atoms with van der Waals surface area (Å²) in [5.41, 5.74) is 3.53. The number of rotatable bonds is 7. The van der Waals surface area contributed by atoms with E-state index in [-0.39, 0.29) is 12.5 Å². The number of anilines is 1. The highest BCUT2D eigenvalue weighted by molar-refractivity contribution is 5.92. The Kier molecular flexibility index (Phi) is 5.98. The van der Waals surface area contributed by atoms with Crippen LogP contribution in [0.4, 0.5) is 17.1 Å². The third kappa shape index (κ3) is 4.78. The Morgan fingerprint density at radius 1 is 0.853 bits per heavy atom. The van der Waals surface area contributed by atoms with Crippen molar-refractivity contribution >= 4 is 34.0 Å². The van der Waals surface area contributed by atoms with Crippen LogP contribution in [0.25, 0.3) is 16.7 Å². The predicted molar refractivity (Wildman–Crippen MR) is 128 cm³/mol. The second-order valence-corrected chi connectivity index (χ2v) is 7.23. The zero-order valence-electron chi connectivity index (χ0n) is 17.9. The number of carbonyl (C=O) groups excluding carboxylic acids is 1. The van der Waals surface area contributed by atoms with E-state index in [2.05, 4.69) is 30.6 Å². The van der Waals surface area contributed by atoms with Crippen LogP contribution in [0.1, 0.15) is 0 Å². The van der Waals surface area contributed by atoms with E-state index in [0.29, 0.717) is 28.3 Å². The highest BCUT2D eigenvalue weighted by atomic mass is 16.5. The van der Waals surface area contributed by atoms with Crippen LogP contribution in [0.5, 0.6) is 5.88 Å². The molecule has 0 aliphatic heterocycles. The number of hydrogen-bond donors (Lipinski definition) is 1. The minimum absolute atomic E-state index is 0.210. The number of nitrogens with zero attached hydrogens (tertiary/aromatic N) is 6. The van der Waals surface area contributed by atoms with Crippen LogP contribution in [-0.4, -0.2) is 32.3 Å². The summed E-state index contributed by atoms with van der Waals surface area (Å²) in [5, 5.41) is 16.2. The molecule has 1 N–H and O–H groups in total. The largest absolute Gasteiger partial charge is 0.467 e. The Morgan fingerprint density at radius 3 is 2.26 bits per heavy atom. The number of ether oxygens (including phenoxy) is 1. The molecule has 9 nitrogen and oxygen atoms in total. The fourth-order valence-corrected chi connectivity index (χ4v) is 3.25. The first kappa shape index (κ1) is 21.0. The lowest BCUT2D eigenvalue weighted by molar-refractivity contribution is -0.118. The molecule has 0 spiro atoms. The molecule has 0 radical (unpaired) electrons. The summed E-state index contributed by atoms with van der Waals surface area (Å²) in [6, 6.07) is 26.1. The lowest BCUT2D eigenvalue weighted by Crippen LogP contribution is -2.20. The van der Waals surface area contributed by atoms with Gasteiger partial charge in [0.25, 0.3) is 5.91 Å². The molecule has 3 aromatic carbocycles. The fourth-order valence-electron chi connectivity index (χ4n) is 3.25. The molecular weight excluding hydrogens is 430 g/mol. The van der Waals surface area contributed by atoms with Gasteiger partial charge in [0.1, 0.15) is 11.7 Å². The summed E-state index contributed by atoms with van der Waals surface area (Å²) in [6.45, 7) is -0.210. The van der Waals surface area contributed by atoms with Crippen LogP contribution >= 0.6 is 0 Å². The molecule has 166 valence electrons. The number of benzene rings is 3. The van der Waals surface area contributed by atoms with Crippen LogP contribution in [-0.2, 0) is 4.79 Å². The smallest absolute Gasteiger partial charge is 0.262 e. The monoisotopic (exact) mass is 449 g/mol. The first-order chi connectivity index (χ1) is 16.8. The van der Waals surface area contributed by atoms with Gasteiger partial charge in [-0.2, -0.15) is 15.3 Å². The van der Waals surface area contributed by atoms with E-state index >= 15 is 0 Å². The van der Waals surface area contributed by atoms with E-state index in [9.17, 15) is 4.79 Å². The Bertz CT molecular complexity index is 1430. The SMILES string of the molecule is O=C(COc1ncnc2c1cnn2-c1ccccc1)Nc1ccc(N=Nc2ccccc2)cc1. The molecule has 0 fully saturated rings. The van der Waals surface area contributed by atoms with Crippen molar-refractivity contribution in [2.24, 2.45) is 10.2 Å². The van der Waals surface area contributed by atoms with Crippen molar-refractivity contribution in [3.8, 4) is 11.6 Å². The normalized spacial score (nSPS) is 11.1. The van der Waals surface area contributed by atoms with Crippen LogP contribution < -0.4 is 10.1 Å². The molecule has 34 heavy (non-hydrogen) atoms. The molecule has 5 aromatic rings. The average molecular weight is 449 g/mol. The quantitative estimate of drug-likeness (QED) is 0.342. The van der Waals surface area contributed by atoms with Gasteiger partial charge in [-0.15, -0.1) is 0 Å². The van der Waals surface area contributed by atoms with Crippen molar-refractivity contribution in [3.05, 3.63) is 97.5 Å². The third-order valence-corrected chi connectivity index (χ3v) is 4.86. The maximum absolute atomic E-state index is 12.4. The van der Waals surface area contributed by atoms with Crippen LogP contribution in [0.3, 0.4) is 0 Å². The lowest BCUT2D eigenvalue weighted by Gasteiger charge is -2.08. The Morgan fingerprint density at radius 2 is 1.53 bits per heavy atom. The molecule has 0 saturated carbocycles. The van der Waals surface area contributed by atoms with Crippen molar-refractivity contribution in [1.29, 1.82) is 0 Å². The predicted octanol–water partition coefficient (Wildman–Crippen LogP) is 5.25. The zero-order chi connectivity index (χ0) is 23.2. The number of carbonyl (C=O) groups is 1. The number of hydrogen-bond acceptors (Lipinski definition) is 7. The van der Waals surface area contributed by atoms with E-state index in [1.165, 1.54) is 6.33 Å². The summed E-state index contributed by atoms with van der Waals surface area (Å²) in [6.07, 6.45) is 3.01. The standard InChI is InChI=1S/C25H19N7O2/c33-23(29-18-11-13-20(14-12-18)31-30-19-7-3-1-4-8-19)16-34-25-22-15-28-32(24(22)26-17-27-25)21-9-5-2-6-10-21/h1-15,17H,16H2,(H,29,33). The Hall–Kier alpha value is -4.92. The van der Waals surface area contributed by atoms with Gasteiger partial charge in [-0.1, -0.05) is 36.4 Å². The van der Waals surface area contributed by atoms with Gasteiger partial charge in [0.2, 0.25) is 5.88 Å². The number of fused-ring (bicyclic) bond motifs is 1. The number of aromatic nitrogens is 4. The van der Waals surface area contributed by atoms with Crippen LogP contribution in [0.15, 0.2) is 108 Å².